The summed E-state index contributed by atoms with van der Waals surface area (Å²) in [5, 5.41) is 9.57. The predicted octanol–water partition coefficient (Wildman–Crippen LogP) is 2.86. The molecule has 1 aromatic rings. The summed E-state index contributed by atoms with van der Waals surface area (Å²) in [4.78, 5) is 4.88. The van der Waals surface area contributed by atoms with Gasteiger partial charge in [-0.25, -0.2) is 0 Å². The van der Waals surface area contributed by atoms with Gasteiger partial charge in [0.15, 0.2) is 0 Å². The zero-order valence-electron chi connectivity index (χ0n) is 11.8. The molecule has 1 atom stereocenters. The van der Waals surface area contributed by atoms with Crippen molar-refractivity contribution in [2.45, 2.75) is 32.4 Å². The first-order valence-electron chi connectivity index (χ1n) is 7.00. The second-order valence-electron chi connectivity index (χ2n) is 5.30. The minimum Gasteiger partial charge on any atom is -0.392 e. The molecule has 1 aromatic carbocycles. The molecule has 0 aliphatic carbocycles. The molecule has 106 valence electrons. The standard InChI is InChI=1S/C15H23BrN2O/c1-3-14-10-17(2)7-4-8-18(14)15-9-13(16)6-5-12(15)11-19/h5-6,9,14,19H,3-4,7-8,10-11H2,1-2H3. The summed E-state index contributed by atoms with van der Waals surface area (Å²) in [6.45, 7) is 5.65. The van der Waals surface area contributed by atoms with Crippen LogP contribution in [0.3, 0.4) is 0 Å². The average Bonchev–Trinajstić information content (AvgIpc) is 2.60. The van der Waals surface area contributed by atoms with Gasteiger partial charge in [-0.1, -0.05) is 28.9 Å². The Hall–Kier alpha value is -0.580. The molecule has 19 heavy (non-hydrogen) atoms. The molecule has 1 saturated heterocycles. The zero-order valence-corrected chi connectivity index (χ0v) is 13.4. The van der Waals surface area contributed by atoms with Crippen LogP contribution in [-0.4, -0.2) is 42.7 Å². The molecule has 3 nitrogen and oxygen atoms in total. The minimum absolute atomic E-state index is 0.103. The van der Waals surface area contributed by atoms with Gasteiger partial charge in [-0.3, -0.25) is 0 Å². The lowest BCUT2D eigenvalue weighted by atomic mass is 10.1. The number of hydrogen-bond donors (Lipinski definition) is 1. The van der Waals surface area contributed by atoms with Crippen molar-refractivity contribution in [1.82, 2.24) is 4.90 Å². The lowest BCUT2D eigenvalue weighted by Gasteiger charge is -2.33. The SMILES string of the molecule is CCC1CN(C)CCCN1c1cc(Br)ccc1CO. The van der Waals surface area contributed by atoms with Crippen LogP contribution >= 0.6 is 15.9 Å². The van der Waals surface area contributed by atoms with Crippen molar-refractivity contribution in [3.8, 4) is 0 Å². The van der Waals surface area contributed by atoms with Crippen LogP contribution in [0.25, 0.3) is 0 Å². The van der Waals surface area contributed by atoms with Gasteiger partial charge >= 0.3 is 0 Å². The molecule has 0 aromatic heterocycles. The lowest BCUT2D eigenvalue weighted by molar-refractivity contribution is 0.281. The molecule has 1 N–H and O–H groups in total. The monoisotopic (exact) mass is 326 g/mol. The average molecular weight is 327 g/mol. The number of likely N-dealkylation sites (N-methyl/N-ethyl adjacent to an activating group) is 1. The van der Waals surface area contributed by atoms with Gasteiger partial charge in [0.2, 0.25) is 0 Å². The van der Waals surface area contributed by atoms with Crippen LogP contribution in [0.5, 0.6) is 0 Å². The molecule has 4 heteroatoms. The van der Waals surface area contributed by atoms with Crippen molar-refractivity contribution in [2.24, 2.45) is 0 Å². The Kier molecular flexibility index (Phi) is 5.25. The molecule has 1 heterocycles. The van der Waals surface area contributed by atoms with Crippen molar-refractivity contribution < 1.29 is 5.11 Å². The number of anilines is 1. The van der Waals surface area contributed by atoms with Crippen LogP contribution in [0, 0.1) is 0 Å². The van der Waals surface area contributed by atoms with Gasteiger partial charge in [-0.2, -0.15) is 0 Å². The van der Waals surface area contributed by atoms with E-state index in [1.807, 2.05) is 12.1 Å². The van der Waals surface area contributed by atoms with Crippen LogP contribution in [0.2, 0.25) is 0 Å². The van der Waals surface area contributed by atoms with Crippen LogP contribution in [0.1, 0.15) is 25.3 Å². The zero-order chi connectivity index (χ0) is 13.8. The van der Waals surface area contributed by atoms with Crippen molar-refractivity contribution in [1.29, 1.82) is 0 Å². The first-order chi connectivity index (χ1) is 9.15. The van der Waals surface area contributed by atoms with Gasteiger partial charge in [-0.05, 0) is 38.6 Å². The normalized spacial score (nSPS) is 21.5. The van der Waals surface area contributed by atoms with Gasteiger partial charge in [0.05, 0.1) is 6.61 Å². The van der Waals surface area contributed by atoms with Gasteiger partial charge in [-0.15, -0.1) is 0 Å². The van der Waals surface area contributed by atoms with E-state index in [1.165, 1.54) is 12.1 Å². The van der Waals surface area contributed by atoms with Crippen molar-refractivity contribution in [2.75, 3.05) is 31.6 Å². The van der Waals surface area contributed by atoms with E-state index in [-0.39, 0.29) is 6.61 Å². The van der Waals surface area contributed by atoms with E-state index in [2.05, 4.69) is 45.8 Å². The smallest absolute Gasteiger partial charge is 0.0702 e. The van der Waals surface area contributed by atoms with Gasteiger partial charge in [0.1, 0.15) is 0 Å². The van der Waals surface area contributed by atoms with E-state index in [1.54, 1.807) is 0 Å². The maximum Gasteiger partial charge on any atom is 0.0702 e. The molecule has 1 fully saturated rings. The highest BCUT2D eigenvalue weighted by Crippen LogP contribution is 2.29. The first-order valence-corrected chi connectivity index (χ1v) is 7.79. The number of aliphatic hydroxyl groups excluding tert-OH is 1. The Labute approximate surface area is 124 Å². The van der Waals surface area contributed by atoms with E-state index in [4.69, 9.17) is 0 Å². The van der Waals surface area contributed by atoms with Crippen LogP contribution in [0.4, 0.5) is 5.69 Å². The summed E-state index contributed by atoms with van der Waals surface area (Å²) in [7, 11) is 2.19. The van der Waals surface area contributed by atoms with Crippen LogP contribution in [0.15, 0.2) is 22.7 Å². The number of halogens is 1. The van der Waals surface area contributed by atoms with E-state index in [9.17, 15) is 5.11 Å². The molecule has 0 amide bonds. The molecule has 2 rings (SSSR count). The van der Waals surface area contributed by atoms with Crippen molar-refractivity contribution in [3.63, 3.8) is 0 Å². The maximum absolute atomic E-state index is 9.57. The molecular formula is C15H23BrN2O. The Morgan fingerprint density at radius 1 is 1.37 bits per heavy atom. The van der Waals surface area contributed by atoms with E-state index < -0.39 is 0 Å². The van der Waals surface area contributed by atoms with Crippen molar-refractivity contribution in [3.05, 3.63) is 28.2 Å². The van der Waals surface area contributed by atoms with Crippen LogP contribution in [-0.2, 0) is 6.61 Å². The topological polar surface area (TPSA) is 26.7 Å². The second-order valence-corrected chi connectivity index (χ2v) is 6.22. The molecule has 0 radical (unpaired) electrons. The fraction of sp³-hybridized carbons (Fsp3) is 0.600. The highest BCUT2D eigenvalue weighted by molar-refractivity contribution is 9.10. The second kappa shape index (κ2) is 6.73. The van der Waals surface area contributed by atoms with Crippen molar-refractivity contribution >= 4 is 21.6 Å². The molecule has 0 spiro atoms. The highest BCUT2D eigenvalue weighted by atomic mass is 79.9. The number of benzene rings is 1. The summed E-state index contributed by atoms with van der Waals surface area (Å²) in [5.41, 5.74) is 2.20. The van der Waals surface area contributed by atoms with Gasteiger partial charge < -0.3 is 14.9 Å². The number of nitrogens with zero attached hydrogens (tertiary/aromatic N) is 2. The fourth-order valence-corrected chi connectivity index (χ4v) is 3.20. The molecule has 1 aliphatic rings. The highest BCUT2D eigenvalue weighted by Gasteiger charge is 2.23. The first kappa shape index (κ1) is 14.8. The van der Waals surface area contributed by atoms with E-state index in [0.29, 0.717) is 6.04 Å². The van der Waals surface area contributed by atoms with Gasteiger partial charge in [0, 0.05) is 34.9 Å². The quantitative estimate of drug-likeness (QED) is 0.925. The van der Waals surface area contributed by atoms with Crippen LogP contribution < -0.4 is 4.90 Å². The lowest BCUT2D eigenvalue weighted by Crippen LogP contribution is -2.40. The minimum atomic E-state index is 0.103. The third-order valence-electron chi connectivity index (χ3n) is 3.90. The van der Waals surface area contributed by atoms with Gasteiger partial charge in [0.25, 0.3) is 0 Å². The molecule has 1 unspecified atom stereocenters. The predicted molar refractivity (Wildman–Crippen MR) is 83.6 cm³/mol. The van der Waals surface area contributed by atoms with E-state index >= 15 is 0 Å². The largest absolute Gasteiger partial charge is 0.392 e. The summed E-state index contributed by atoms with van der Waals surface area (Å²) < 4.78 is 1.08. The maximum atomic E-state index is 9.57. The Balaban J connectivity index is 2.34. The Bertz CT molecular complexity index is 425. The summed E-state index contributed by atoms with van der Waals surface area (Å²) in [5.74, 6) is 0. The number of hydrogen-bond acceptors (Lipinski definition) is 3. The third kappa shape index (κ3) is 3.50. The molecule has 1 aliphatic heterocycles. The Morgan fingerprint density at radius 2 is 2.16 bits per heavy atom. The summed E-state index contributed by atoms with van der Waals surface area (Å²) in [6, 6.07) is 6.67. The number of rotatable bonds is 3. The third-order valence-corrected chi connectivity index (χ3v) is 4.39. The summed E-state index contributed by atoms with van der Waals surface area (Å²) in [6.07, 6.45) is 2.30. The summed E-state index contributed by atoms with van der Waals surface area (Å²) >= 11 is 3.55. The van der Waals surface area contributed by atoms with E-state index in [0.717, 1.165) is 36.1 Å². The molecule has 0 bridgehead atoms. The Morgan fingerprint density at radius 3 is 2.84 bits per heavy atom. The number of aliphatic hydroxyl groups is 1. The molecule has 0 saturated carbocycles. The fourth-order valence-electron chi connectivity index (χ4n) is 2.85. The molecular weight excluding hydrogens is 304 g/mol.